The van der Waals surface area contributed by atoms with E-state index < -0.39 is 0 Å². The van der Waals surface area contributed by atoms with Gasteiger partial charge in [-0.2, -0.15) is 0 Å². The SMILES string of the molecule is Cc1ccc(C)c(OCCN=C(N)N)c1. The van der Waals surface area contributed by atoms with Gasteiger partial charge in [0, 0.05) is 0 Å². The van der Waals surface area contributed by atoms with Gasteiger partial charge >= 0.3 is 0 Å². The molecule has 0 bridgehead atoms. The second kappa shape index (κ2) is 5.24. The maximum Gasteiger partial charge on any atom is 0.186 e. The van der Waals surface area contributed by atoms with Crippen molar-refractivity contribution >= 4 is 5.96 Å². The van der Waals surface area contributed by atoms with E-state index in [0.29, 0.717) is 13.2 Å². The monoisotopic (exact) mass is 207 g/mol. The second-order valence-electron chi connectivity index (χ2n) is 3.42. The van der Waals surface area contributed by atoms with Crippen molar-refractivity contribution in [3.05, 3.63) is 29.3 Å². The molecule has 0 aromatic heterocycles. The van der Waals surface area contributed by atoms with Gasteiger partial charge in [0.25, 0.3) is 0 Å². The first kappa shape index (κ1) is 11.4. The van der Waals surface area contributed by atoms with Gasteiger partial charge in [-0.05, 0) is 31.0 Å². The molecule has 0 spiro atoms. The number of hydrogen-bond donors (Lipinski definition) is 2. The van der Waals surface area contributed by atoms with Crippen molar-refractivity contribution < 1.29 is 4.74 Å². The maximum absolute atomic E-state index is 5.55. The normalized spacial score (nSPS) is 9.73. The lowest BCUT2D eigenvalue weighted by atomic mass is 10.1. The summed E-state index contributed by atoms with van der Waals surface area (Å²) < 4.78 is 5.55. The van der Waals surface area contributed by atoms with E-state index in [1.807, 2.05) is 26.0 Å². The molecule has 1 aromatic carbocycles. The van der Waals surface area contributed by atoms with Crippen molar-refractivity contribution in [3.8, 4) is 5.75 Å². The molecule has 0 fully saturated rings. The zero-order chi connectivity index (χ0) is 11.3. The van der Waals surface area contributed by atoms with E-state index in [-0.39, 0.29) is 5.96 Å². The van der Waals surface area contributed by atoms with Gasteiger partial charge in [0.05, 0.1) is 6.54 Å². The summed E-state index contributed by atoms with van der Waals surface area (Å²) in [5.41, 5.74) is 12.7. The Morgan fingerprint density at radius 1 is 1.33 bits per heavy atom. The van der Waals surface area contributed by atoms with Crippen LogP contribution in [-0.4, -0.2) is 19.1 Å². The van der Waals surface area contributed by atoms with Gasteiger partial charge in [-0.3, -0.25) is 4.99 Å². The molecule has 0 heterocycles. The van der Waals surface area contributed by atoms with Gasteiger partial charge in [0.1, 0.15) is 12.4 Å². The van der Waals surface area contributed by atoms with E-state index >= 15 is 0 Å². The molecule has 0 saturated carbocycles. The van der Waals surface area contributed by atoms with Gasteiger partial charge < -0.3 is 16.2 Å². The summed E-state index contributed by atoms with van der Waals surface area (Å²) in [5.74, 6) is 0.986. The molecule has 0 aliphatic carbocycles. The Bertz CT molecular complexity index is 357. The third-order valence-corrected chi connectivity index (χ3v) is 1.99. The molecule has 0 aliphatic heterocycles. The molecule has 4 N–H and O–H groups in total. The Hall–Kier alpha value is -1.71. The van der Waals surface area contributed by atoms with Crippen LogP contribution < -0.4 is 16.2 Å². The van der Waals surface area contributed by atoms with E-state index in [0.717, 1.165) is 11.3 Å². The third-order valence-electron chi connectivity index (χ3n) is 1.99. The van der Waals surface area contributed by atoms with Crippen molar-refractivity contribution in [2.45, 2.75) is 13.8 Å². The molecule has 4 heteroatoms. The predicted octanol–water partition coefficient (Wildman–Crippen LogP) is 0.956. The lowest BCUT2D eigenvalue weighted by Gasteiger charge is -2.08. The average molecular weight is 207 g/mol. The summed E-state index contributed by atoms with van der Waals surface area (Å²) in [7, 11) is 0. The molecule has 1 aromatic rings. The first-order valence-electron chi connectivity index (χ1n) is 4.85. The van der Waals surface area contributed by atoms with Gasteiger partial charge in [-0.15, -0.1) is 0 Å². The molecule has 4 nitrogen and oxygen atoms in total. The van der Waals surface area contributed by atoms with Crippen LogP contribution in [0.5, 0.6) is 5.75 Å². The van der Waals surface area contributed by atoms with E-state index in [1.54, 1.807) is 0 Å². The molecule has 82 valence electrons. The van der Waals surface area contributed by atoms with Crippen molar-refractivity contribution in [1.29, 1.82) is 0 Å². The van der Waals surface area contributed by atoms with E-state index in [9.17, 15) is 0 Å². The molecule has 0 radical (unpaired) electrons. The third kappa shape index (κ3) is 3.89. The Morgan fingerprint density at radius 3 is 2.73 bits per heavy atom. The van der Waals surface area contributed by atoms with Crippen molar-refractivity contribution in [2.24, 2.45) is 16.5 Å². The molecular formula is C11H17N3O. The number of rotatable bonds is 4. The fourth-order valence-corrected chi connectivity index (χ4v) is 1.19. The van der Waals surface area contributed by atoms with Crippen LogP contribution >= 0.6 is 0 Å². The van der Waals surface area contributed by atoms with E-state index in [2.05, 4.69) is 11.1 Å². The minimum atomic E-state index is 0.0968. The highest BCUT2D eigenvalue weighted by Gasteiger charge is 1.98. The molecular weight excluding hydrogens is 190 g/mol. The zero-order valence-electron chi connectivity index (χ0n) is 9.16. The highest BCUT2D eigenvalue weighted by Crippen LogP contribution is 2.18. The number of ether oxygens (including phenoxy) is 1. The van der Waals surface area contributed by atoms with E-state index in [1.165, 1.54) is 5.56 Å². The quantitative estimate of drug-likeness (QED) is 0.438. The molecule has 0 atom stereocenters. The fourth-order valence-electron chi connectivity index (χ4n) is 1.19. The molecule has 0 amide bonds. The summed E-state index contributed by atoms with van der Waals surface area (Å²) in [4.78, 5) is 3.84. The number of nitrogens with two attached hydrogens (primary N) is 2. The van der Waals surface area contributed by atoms with Gasteiger partial charge in [-0.25, -0.2) is 0 Å². The van der Waals surface area contributed by atoms with Crippen LogP contribution in [0.15, 0.2) is 23.2 Å². The van der Waals surface area contributed by atoms with Crippen molar-refractivity contribution in [2.75, 3.05) is 13.2 Å². The Balaban J connectivity index is 2.50. The number of nitrogens with zero attached hydrogens (tertiary/aromatic N) is 1. The molecule has 1 rings (SSSR count). The largest absolute Gasteiger partial charge is 0.491 e. The first-order valence-corrected chi connectivity index (χ1v) is 4.85. The van der Waals surface area contributed by atoms with E-state index in [4.69, 9.17) is 16.2 Å². The topological polar surface area (TPSA) is 73.6 Å². The van der Waals surface area contributed by atoms with Crippen LogP contribution in [0.25, 0.3) is 0 Å². The highest BCUT2D eigenvalue weighted by molar-refractivity contribution is 5.75. The first-order chi connectivity index (χ1) is 7.09. The smallest absolute Gasteiger partial charge is 0.186 e. The lowest BCUT2D eigenvalue weighted by molar-refractivity contribution is 0.326. The van der Waals surface area contributed by atoms with Gasteiger partial charge in [0.2, 0.25) is 0 Å². The number of benzene rings is 1. The summed E-state index contributed by atoms with van der Waals surface area (Å²) in [6, 6.07) is 6.09. The van der Waals surface area contributed by atoms with Crippen LogP contribution in [0.1, 0.15) is 11.1 Å². The zero-order valence-corrected chi connectivity index (χ0v) is 9.16. The number of hydrogen-bond acceptors (Lipinski definition) is 2. The Morgan fingerprint density at radius 2 is 2.07 bits per heavy atom. The lowest BCUT2D eigenvalue weighted by Crippen LogP contribution is -2.23. The summed E-state index contributed by atoms with van der Waals surface area (Å²) in [6.45, 7) is 5.01. The fraction of sp³-hybridized carbons (Fsp3) is 0.364. The van der Waals surface area contributed by atoms with Crippen molar-refractivity contribution in [1.82, 2.24) is 0 Å². The van der Waals surface area contributed by atoms with Crippen LogP contribution in [0.2, 0.25) is 0 Å². The second-order valence-corrected chi connectivity index (χ2v) is 3.42. The van der Waals surface area contributed by atoms with Crippen LogP contribution in [-0.2, 0) is 0 Å². The Kier molecular flexibility index (Phi) is 3.97. The van der Waals surface area contributed by atoms with Crippen LogP contribution in [0.3, 0.4) is 0 Å². The summed E-state index contributed by atoms with van der Waals surface area (Å²) in [6.07, 6.45) is 0. The van der Waals surface area contributed by atoms with Crippen LogP contribution in [0, 0.1) is 13.8 Å². The number of aryl methyl sites for hydroxylation is 2. The molecule has 0 unspecified atom stereocenters. The number of guanidine groups is 1. The molecule has 0 saturated heterocycles. The number of aliphatic imine (C=N–C) groups is 1. The standard InChI is InChI=1S/C11H17N3O/c1-8-3-4-9(2)10(7-8)15-6-5-14-11(12)13/h3-4,7H,5-6H2,1-2H3,(H4,12,13,14). The minimum Gasteiger partial charge on any atom is -0.491 e. The summed E-state index contributed by atoms with van der Waals surface area (Å²) in [5, 5.41) is 0. The van der Waals surface area contributed by atoms with Crippen molar-refractivity contribution in [3.63, 3.8) is 0 Å². The average Bonchev–Trinajstić information content (AvgIpc) is 2.17. The van der Waals surface area contributed by atoms with Gasteiger partial charge in [0.15, 0.2) is 5.96 Å². The van der Waals surface area contributed by atoms with Crippen LogP contribution in [0.4, 0.5) is 0 Å². The highest BCUT2D eigenvalue weighted by atomic mass is 16.5. The molecule has 15 heavy (non-hydrogen) atoms. The predicted molar refractivity (Wildman–Crippen MR) is 62.1 cm³/mol. The minimum absolute atomic E-state index is 0.0968. The maximum atomic E-state index is 5.55. The Labute approximate surface area is 89.9 Å². The van der Waals surface area contributed by atoms with Gasteiger partial charge in [-0.1, -0.05) is 12.1 Å². The molecule has 0 aliphatic rings. The summed E-state index contributed by atoms with van der Waals surface area (Å²) >= 11 is 0.